The molecule has 1 saturated heterocycles. The number of carbonyl (C=O) groups excluding carboxylic acids is 1. The standard InChI is InChI=1S/C18H19F3N4O/c1-24(2)17-22-13(10-15(23-17)18(19,20)21)8-12-9-16(26)25(11-12)14-6-4-3-5-7-14/h3-7,10,12H,8-9,11H2,1-2H3/t12-/m1/s1. The number of carbonyl (C=O) groups is 1. The van der Waals surface area contributed by atoms with Gasteiger partial charge in [0.05, 0.1) is 0 Å². The second-order valence-electron chi connectivity index (χ2n) is 6.55. The van der Waals surface area contributed by atoms with E-state index in [2.05, 4.69) is 9.97 Å². The van der Waals surface area contributed by atoms with Gasteiger partial charge in [-0.05, 0) is 30.5 Å². The molecule has 0 aliphatic carbocycles. The molecule has 0 spiro atoms. The normalized spacial score (nSPS) is 17.7. The van der Waals surface area contributed by atoms with Crippen LogP contribution in [0.3, 0.4) is 0 Å². The van der Waals surface area contributed by atoms with Gasteiger partial charge in [0, 0.05) is 38.4 Å². The highest BCUT2D eigenvalue weighted by Gasteiger charge is 2.35. The Kier molecular flexibility index (Phi) is 4.84. The van der Waals surface area contributed by atoms with Gasteiger partial charge in [-0.15, -0.1) is 0 Å². The SMILES string of the molecule is CN(C)c1nc(C[C@@H]2CC(=O)N(c3ccccc3)C2)cc(C(F)(F)F)n1. The van der Waals surface area contributed by atoms with Crippen molar-refractivity contribution in [3.63, 3.8) is 0 Å². The second-order valence-corrected chi connectivity index (χ2v) is 6.55. The number of hydrogen-bond donors (Lipinski definition) is 0. The molecule has 5 nitrogen and oxygen atoms in total. The van der Waals surface area contributed by atoms with Crippen molar-refractivity contribution in [3.05, 3.63) is 47.8 Å². The summed E-state index contributed by atoms with van der Waals surface area (Å²) in [6, 6.07) is 10.2. The average Bonchev–Trinajstić information content (AvgIpc) is 2.95. The summed E-state index contributed by atoms with van der Waals surface area (Å²) in [5.41, 5.74) is 0.131. The molecule has 2 heterocycles. The Labute approximate surface area is 149 Å². The minimum atomic E-state index is -4.54. The van der Waals surface area contributed by atoms with E-state index in [4.69, 9.17) is 0 Å². The van der Waals surface area contributed by atoms with Crippen molar-refractivity contribution in [3.8, 4) is 0 Å². The number of rotatable bonds is 4. The molecule has 0 radical (unpaired) electrons. The minimum absolute atomic E-state index is 0.0130. The molecular weight excluding hydrogens is 345 g/mol. The van der Waals surface area contributed by atoms with Crippen molar-refractivity contribution in [1.82, 2.24) is 9.97 Å². The van der Waals surface area contributed by atoms with Gasteiger partial charge < -0.3 is 9.80 Å². The molecule has 0 bridgehead atoms. The summed E-state index contributed by atoms with van der Waals surface area (Å²) in [7, 11) is 3.19. The number of amides is 1. The van der Waals surface area contributed by atoms with Crippen LogP contribution in [-0.4, -0.2) is 36.5 Å². The van der Waals surface area contributed by atoms with E-state index in [1.165, 1.54) is 4.90 Å². The highest BCUT2D eigenvalue weighted by Crippen LogP contribution is 2.31. The summed E-state index contributed by atoms with van der Waals surface area (Å²) in [6.07, 6.45) is -3.96. The molecule has 2 aromatic rings. The topological polar surface area (TPSA) is 49.3 Å². The van der Waals surface area contributed by atoms with Crippen LogP contribution in [0.4, 0.5) is 24.8 Å². The molecule has 3 rings (SSSR count). The monoisotopic (exact) mass is 364 g/mol. The van der Waals surface area contributed by atoms with Crippen molar-refractivity contribution in [1.29, 1.82) is 0 Å². The molecule has 0 saturated carbocycles. The summed E-state index contributed by atoms with van der Waals surface area (Å²) in [5.74, 6) is -0.105. The highest BCUT2D eigenvalue weighted by atomic mass is 19.4. The fourth-order valence-electron chi connectivity index (χ4n) is 3.00. The van der Waals surface area contributed by atoms with Gasteiger partial charge in [-0.1, -0.05) is 18.2 Å². The third-order valence-electron chi connectivity index (χ3n) is 4.23. The second kappa shape index (κ2) is 6.93. The maximum absolute atomic E-state index is 13.1. The summed E-state index contributed by atoms with van der Waals surface area (Å²) >= 11 is 0. The molecule has 1 aliphatic rings. The Morgan fingerprint density at radius 1 is 1.19 bits per heavy atom. The van der Waals surface area contributed by atoms with E-state index in [1.807, 2.05) is 30.3 Å². The lowest BCUT2D eigenvalue weighted by molar-refractivity contribution is -0.141. The Bertz CT molecular complexity index is 793. The average molecular weight is 364 g/mol. The van der Waals surface area contributed by atoms with Gasteiger partial charge in [-0.3, -0.25) is 4.79 Å². The van der Waals surface area contributed by atoms with Crippen molar-refractivity contribution in [2.24, 2.45) is 5.92 Å². The van der Waals surface area contributed by atoms with E-state index in [0.717, 1.165) is 11.8 Å². The highest BCUT2D eigenvalue weighted by molar-refractivity contribution is 5.95. The van der Waals surface area contributed by atoms with E-state index >= 15 is 0 Å². The van der Waals surface area contributed by atoms with E-state index < -0.39 is 11.9 Å². The maximum Gasteiger partial charge on any atom is 0.433 e. The number of para-hydroxylation sites is 1. The number of hydrogen-bond acceptors (Lipinski definition) is 4. The molecule has 1 aromatic heterocycles. The van der Waals surface area contributed by atoms with E-state index in [1.54, 1.807) is 19.0 Å². The number of anilines is 2. The Morgan fingerprint density at radius 2 is 1.88 bits per heavy atom. The van der Waals surface area contributed by atoms with Crippen LogP contribution >= 0.6 is 0 Å². The molecule has 1 aliphatic heterocycles. The summed E-state index contributed by atoms with van der Waals surface area (Å²) in [4.78, 5) is 23.2. The van der Waals surface area contributed by atoms with Gasteiger partial charge >= 0.3 is 6.18 Å². The number of benzene rings is 1. The maximum atomic E-state index is 13.1. The molecule has 1 amide bonds. The molecule has 1 aromatic carbocycles. The van der Waals surface area contributed by atoms with E-state index in [-0.39, 0.29) is 24.2 Å². The third kappa shape index (κ3) is 3.95. The van der Waals surface area contributed by atoms with E-state index in [0.29, 0.717) is 18.7 Å². The lowest BCUT2D eigenvalue weighted by Gasteiger charge is -2.18. The Morgan fingerprint density at radius 3 is 2.50 bits per heavy atom. The third-order valence-corrected chi connectivity index (χ3v) is 4.23. The molecule has 138 valence electrons. The molecular formula is C18H19F3N4O. The number of nitrogens with zero attached hydrogens (tertiary/aromatic N) is 4. The van der Waals surface area contributed by atoms with Crippen molar-refractivity contribution in [2.75, 3.05) is 30.4 Å². The number of alkyl halides is 3. The first-order chi connectivity index (χ1) is 12.2. The van der Waals surface area contributed by atoms with Crippen LogP contribution < -0.4 is 9.80 Å². The minimum Gasteiger partial charge on any atom is -0.347 e. The van der Waals surface area contributed by atoms with Gasteiger partial charge in [0.15, 0.2) is 0 Å². The van der Waals surface area contributed by atoms with Crippen molar-refractivity contribution in [2.45, 2.75) is 19.0 Å². The first-order valence-corrected chi connectivity index (χ1v) is 8.22. The molecule has 8 heteroatoms. The van der Waals surface area contributed by atoms with Crippen LogP contribution in [0.2, 0.25) is 0 Å². The predicted molar refractivity (Wildman–Crippen MR) is 92.0 cm³/mol. The molecule has 1 fully saturated rings. The molecule has 0 unspecified atom stereocenters. The zero-order valence-electron chi connectivity index (χ0n) is 14.5. The Hall–Kier alpha value is -2.64. The van der Waals surface area contributed by atoms with Crippen LogP contribution in [0.1, 0.15) is 17.8 Å². The lowest BCUT2D eigenvalue weighted by Crippen LogP contribution is -2.24. The number of halogens is 3. The van der Waals surface area contributed by atoms with Gasteiger partial charge in [0.1, 0.15) is 5.69 Å². The van der Waals surface area contributed by atoms with Crippen LogP contribution in [0.15, 0.2) is 36.4 Å². The smallest absolute Gasteiger partial charge is 0.347 e. The summed E-state index contributed by atoms with van der Waals surface area (Å²) < 4.78 is 39.3. The van der Waals surface area contributed by atoms with Gasteiger partial charge in [-0.2, -0.15) is 13.2 Å². The Balaban J connectivity index is 1.81. The quantitative estimate of drug-likeness (QED) is 0.836. The van der Waals surface area contributed by atoms with Gasteiger partial charge in [-0.25, -0.2) is 9.97 Å². The fourth-order valence-corrected chi connectivity index (χ4v) is 3.00. The molecule has 26 heavy (non-hydrogen) atoms. The lowest BCUT2D eigenvalue weighted by atomic mass is 10.0. The first-order valence-electron chi connectivity index (χ1n) is 8.22. The summed E-state index contributed by atoms with van der Waals surface area (Å²) in [6.45, 7) is 0.464. The largest absolute Gasteiger partial charge is 0.433 e. The van der Waals surface area contributed by atoms with Crippen LogP contribution in [0.25, 0.3) is 0 Å². The van der Waals surface area contributed by atoms with Gasteiger partial charge in [0.25, 0.3) is 0 Å². The zero-order chi connectivity index (χ0) is 18.9. The molecule has 1 atom stereocenters. The zero-order valence-corrected chi connectivity index (χ0v) is 14.5. The van der Waals surface area contributed by atoms with E-state index in [9.17, 15) is 18.0 Å². The predicted octanol–water partition coefficient (Wildman–Crippen LogP) is 3.16. The van der Waals surface area contributed by atoms with Gasteiger partial charge in [0.2, 0.25) is 11.9 Å². The van der Waals surface area contributed by atoms with Crippen molar-refractivity contribution >= 4 is 17.5 Å². The summed E-state index contributed by atoms with van der Waals surface area (Å²) in [5, 5.41) is 0. The first kappa shape index (κ1) is 18.2. The van der Waals surface area contributed by atoms with Crippen LogP contribution in [0, 0.1) is 5.92 Å². The number of aromatic nitrogens is 2. The van der Waals surface area contributed by atoms with Crippen molar-refractivity contribution < 1.29 is 18.0 Å². The molecule has 0 N–H and O–H groups in total. The fraction of sp³-hybridized carbons (Fsp3) is 0.389. The van der Waals surface area contributed by atoms with Crippen LogP contribution in [-0.2, 0) is 17.4 Å². The van der Waals surface area contributed by atoms with Crippen LogP contribution in [0.5, 0.6) is 0 Å².